The van der Waals surface area contributed by atoms with E-state index in [1.807, 2.05) is 20.8 Å². The maximum atomic E-state index is 10.8. The minimum absolute atomic E-state index is 0.121. The van der Waals surface area contributed by atoms with Crippen LogP contribution < -0.4 is 0 Å². The molecule has 0 aliphatic heterocycles. The molecule has 0 aliphatic carbocycles. The molecule has 0 amide bonds. The van der Waals surface area contributed by atoms with Crippen molar-refractivity contribution in [3.05, 3.63) is 10.6 Å². The summed E-state index contributed by atoms with van der Waals surface area (Å²) in [4.78, 5) is 10.8. The van der Waals surface area contributed by atoms with E-state index in [1.54, 1.807) is 0 Å². The predicted octanol–water partition coefficient (Wildman–Crippen LogP) is 3.44. The second-order valence-corrected chi connectivity index (χ2v) is 4.99. The molecule has 1 atom stereocenters. The Balaban J connectivity index is 4.47. The molecule has 0 heterocycles. The number of hydrogen-bond acceptors (Lipinski definition) is 1. The average molecular weight is 225 g/mol. The van der Waals surface area contributed by atoms with Crippen LogP contribution in [-0.2, 0) is 4.79 Å². The van der Waals surface area contributed by atoms with Gasteiger partial charge in [-0.05, 0) is 11.8 Å². The first-order chi connectivity index (χ1) is 5.75. The highest BCUT2D eigenvalue weighted by Gasteiger charge is 2.29. The lowest BCUT2D eigenvalue weighted by Crippen LogP contribution is -2.27. The monoisotopic (exact) mass is 224 g/mol. The van der Waals surface area contributed by atoms with E-state index in [4.69, 9.17) is 28.3 Å². The fourth-order valence-electron chi connectivity index (χ4n) is 1.03. The number of hydrogen-bond donors (Lipinski definition) is 1. The number of rotatable bonds is 3. The van der Waals surface area contributed by atoms with Crippen LogP contribution in [0.2, 0.25) is 0 Å². The molecule has 0 saturated heterocycles. The first-order valence-corrected chi connectivity index (χ1v) is 4.74. The van der Waals surface area contributed by atoms with Crippen LogP contribution in [0.15, 0.2) is 10.6 Å². The minimum Gasteiger partial charge on any atom is -0.481 e. The molecule has 0 rings (SSSR count). The largest absolute Gasteiger partial charge is 0.481 e. The topological polar surface area (TPSA) is 37.3 Å². The van der Waals surface area contributed by atoms with Crippen LogP contribution in [0.25, 0.3) is 0 Å². The summed E-state index contributed by atoms with van der Waals surface area (Å²) in [6.45, 7) is 5.63. The Bertz CT molecular complexity index is 212. The molecule has 4 heteroatoms. The SMILES string of the molecule is CC(C)(C)C(CC=C(Cl)Cl)C(=O)O. The quantitative estimate of drug-likeness (QED) is 0.798. The molecule has 0 aliphatic rings. The summed E-state index contributed by atoms with van der Waals surface area (Å²) in [6, 6.07) is 0. The predicted molar refractivity (Wildman–Crippen MR) is 55.0 cm³/mol. The van der Waals surface area contributed by atoms with E-state index in [0.29, 0.717) is 6.42 Å². The molecule has 1 unspecified atom stereocenters. The van der Waals surface area contributed by atoms with E-state index >= 15 is 0 Å². The number of aliphatic carboxylic acids is 1. The lowest BCUT2D eigenvalue weighted by Gasteiger charge is -2.25. The molecule has 0 aromatic carbocycles. The van der Waals surface area contributed by atoms with Gasteiger partial charge in [0.05, 0.1) is 5.92 Å². The van der Waals surface area contributed by atoms with Crippen LogP contribution in [-0.4, -0.2) is 11.1 Å². The van der Waals surface area contributed by atoms with Crippen molar-refractivity contribution >= 4 is 29.2 Å². The molecule has 0 fully saturated rings. The second kappa shape index (κ2) is 4.87. The Labute approximate surface area is 88.5 Å². The van der Waals surface area contributed by atoms with Crippen LogP contribution >= 0.6 is 23.2 Å². The number of carboxylic acids is 1. The maximum absolute atomic E-state index is 10.8. The van der Waals surface area contributed by atoms with E-state index in [2.05, 4.69) is 0 Å². The lowest BCUT2D eigenvalue weighted by molar-refractivity contribution is -0.145. The van der Waals surface area contributed by atoms with Crippen LogP contribution in [0.1, 0.15) is 27.2 Å². The number of carbonyl (C=O) groups is 1. The molecule has 0 saturated carbocycles. The van der Waals surface area contributed by atoms with Gasteiger partial charge in [-0.15, -0.1) is 0 Å². The summed E-state index contributed by atoms with van der Waals surface area (Å²) in [7, 11) is 0. The van der Waals surface area contributed by atoms with Crippen LogP contribution in [0.5, 0.6) is 0 Å². The van der Waals surface area contributed by atoms with E-state index < -0.39 is 11.9 Å². The van der Waals surface area contributed by atoms with Crippen LogP contribution in [0, 0.1) is 11.3 Å². The fourth-order valence-corrected chi connectivity index (χ4v) is 1.21. The van der Waals surface area contributed by atoms with Gasteiger partial charge >= 0.3 is 5.97 Å². The summed E-state index contributed by atoms with van der Waals surface area (Å²) in [5.74, 6) is -1.28. The van der Waals surface area contributed by atoms with Gasteiger partial charge in [0, 0.05) is 0 Å². The summed E-state index contributed by atoms with van der Waals surface area (Å²) < 4.78 is 0.121. The van der Waals surface area contributed by atoms with E-state index in [-0.39, 0.29) is 9.91 Å². The Morgan fingerprint density at radius 1 is 1.46 bits per heavy atom. The lowest BCUT2D eigenvalue weighted by atomic mass is 9.79. The number of carboxylic acid groups (broad SMARTS) is 1. The van der Waals surface area contributed by atoms with Gasteiger partial charge in [-0.1, -0.05) is 50.0 Å². The Morgan fingerprint density at radius 2 is 1.92 bits per heavy atom. The molecular weight excluding hydrogens is 211 g/mol. The zero-order valence-electron chi connectivity index (χ0n) is 7.97. The number of allylic oxidation sites excluding steroid dienone is 1. The van der Waals surface area contributed by atoms with Crippen molar-refractivity contribution in [2.24, 2.45) is 11.3 Å². The van der Waals surface area contributed by atoms with Crippen LogP contribution in [0.4, 0.5) is 0 Å². The molecule has 2 nitrogen and oxygen atoms in total. The van der Waals surface area contributed by atoms with Crippen molar-refractivity contribution in [3.63, 3.8) is 0 Å². The van der Waals surface area contributed by atoms with E-state index in [1.165, 1.54) is 6.08 Å². The van der Waals surface area contributed by atoms with Crippen molar-refractivity contribution in [2.75, 3.05) is 0 Å². The standard InChI is InChI=1S/C9H14Cl2O2/c1-9(2,3)6(8(12)13)4-5-7(10)11/h5-6H,4H2,1-3H3,(H,12,13). The molecule has 76 valence electrons. The molecular formula is C9H14Cl2O2. The van der Waals surface area contributed by atoms with Crippen LogP contribution in [0.3, 0.4) is 0 Å². The van der Waals surface area contributed by atoms with Gasteiger partial charge in [-0.25, -0.2) is 0 Å². The molecule has 0 radical (unpaired) electrons. The van der Waals surface area contributed by atoms with Crippen molar-refractivity contribution in [2.45, 2.75) is 27.2 Å². The highest BCUT2D eigenvalue weighted by molar-refractivity contribution is 6.55. The van der Waals surface area contributed by atoms with Gasteiger partial charge in [0.15, 0.2) is 0 Å². The first-order valence-electron chi connectivity index (χ1n) is 3.99. The van der Waals surface area contributed by atoms with E-state index in [9.17, 15) is 4.79 Å². The summed E-state index contributed by atoms with van der Waals surface area (Å²) in [6.07, 6.45) is 1.88. The average Bonchev–Trinajstić information content (AvgIpc) is 1.81. The minimum atomic E-state index is -0.821. The Kier molecular flexibility index (Phi) is 4.79. The van der Waals surface area contributed by atoms with Crippen molar-refractivity contribution in [1.82, 2.24) is 0 Å². The number of halogens is 2. The third-order valence-corrected chi connectivity index (χ3v) is 2.16. The smallest absolute Gasteiger partial charge is 0.307 e. The third-order valence-electron chi connectivity index (χ3n) is 1.85. The molecule has 0 spiro atoms. The highest BCUT2D eigenvalue weighted by Crippen LogP contribution is 2.30. The molecule has 13 heavy (non-hydrogen) atoms. The summed E-state index contributed by atoms with van der Waals surface area (Å²) in [5, 5.41) is 8.91. The summed E-state index contributed by atoms with van der Waals surface area (Å²) >= 11 is 10.8. The van der Waals surface area contributed by atoms with Gasteiger partial charge in [0.25, 0.3) is 0 Å². The van der Waals surface area contributed by atoms with Crippen molar-refractivity contribution < 1.29 is 9.90 Å². The van der Waals surface area contributed by atoms with E-state index in [0.717, 1.165) is 0 Å². The maximum Gasteiger partial charge on any atom is 0.307 e. The molecule has 0 bridgehead atoms. The second-order valence-electron chi connectivity index (χ2n) is 3.99. The van der Waals surface area contributed by atoms with Gasteiger partial charge in [0.2, 0.25) is 0 Å². The zero-order chi connectivity index (χ0) is 10.6. The van der Waals surface area contributed by atoms with Gasteiger partial charge in [0.1, 0.15) is 4.49 Å². The van der Waals surface area contributed by atoms with Crippen molar-refractivity contribution in [1.29, 1.82) is 0 Å². The summed E-state index contributed by atoms with van der Waals surface area (Å²) in [5.41, 5.74) is -0.286. The normalized spacial score (nSPS) is 13.6. The fraction of sp³-hybridized carbons (Fsp3) is 0.667. The van der Waals surface area contributed by atoms with Gasteiger partial charge in [-0.3, -0.25) is 4.79 Å². The molecule has 0 aromatic heterocycles. The Hall–Kier alpha value is -0.210. The Morgan fingerprint density at radius 3 is 2.15 bits per heavy atom. The van der Waals surface area contributed by atoms with Gasteiger partial charge < -0.3 is 5.11 Å². The van der Waals surface area contributed by atoms with Crippen molar-refractivity contribution in [3.8, 4) is 0 Å². The first kappa shape index (κ1) is 12.8. The third kappa shape index (κ3) is 5.17. The molecule has 1 N–H and O–H groups in total. The highest BCUT2D eigenvalue weighted by atomic mass is 35.5. The zero-order valence-corrected chi connectivity index (χ0v) is 9.49. The molecule has 0 aromatic rings. The van der Waals surface area contributed by atoms with Gasteiger partial charge in [-0.2, -0.15) is 0 Å².